The number of aliphatic hydroxyl groups is 1. The van der Waals surface area contributed by atoms with Crippen molar-refractivity contribution < 1.29 is 19.4 Å². The lowest BCUT2D eigenvalue weighted by molar-refractivity contribution is -0.211. The van der Waals surface area contributed by atoms with Crippen molar-refractivity contribution in [3.63, 3.8) is 0 Å². The van der Waals surface area contributed by atoms with Gasteiger partial charge in [0.25, 0.3) is 0 Å². The third-order valence-corrected chi connectivity index (χ3v) is 2.48. The van der Waals surface area contributed by atoms with E-state index < -0.39 is 6.29 Å². The highest BCUT2D eigenvalue weighted by Crippen LogP contribution is 2.21. The summed E-state index contributed by atoms with van der Waals surface area (Å²) in [5.41, 5.74) is 0. The molecule has 1 heterocycles. The van der Waals surface area contributed by atoms with Gasteiger partial charge in [-0.2, -0.15) is 0 Å². The molecule has 1 rings (SSSR count). The number of rotatable bonds is 4. The first-order chi connectivity index (χ1) is 7.54. The van der Waals surface area contributed by atoms with Crippen molar-refractivity contribution in [3.8, 4) is 0 Å². The van der Waals surface area contributed by atoms with Gasteiger partial charge in [0, 0.05) is 13.3 Å². The number of carbonyl (C=O) groups is 1. The zero-order chi connectivity index (χ0) is 12.1. The maximum absolute atomic E-state index is 11.0. The van der Waals surface area contributed by atoms with Gasteiger partial charge in [-0.3, -0.25) is 4.79 Å². The average molecular weight is 229 g/mol. The van der Waals surface area contributed by atoms with Gasteiger partial charge in [0.05, 0.1) is 18.8 Å². The minimum atomic E-state index is -0.851. The predicted octanol–water partition coefficient (Wildman–Crippen LogP) is 0.189. The highest BCUT2D eigenvalue weighted by molar-refractivity contribution is 5.73. The van der Waals surface area contributed by atoms with Gasteiger partial charge in [-0.1, -0.05) is 6.08 Å². The van der Waals surface area contributed by atoms with Crippen LogP contribution in [0, 0.1) is 0 Å². The van der Waals surface area contributed by atoms with Crippen molar-refractivity contribution in [1.29, 1.82) is 0 Å². The smallest absolute Gasteiger partial charge is 0.217 e. The van der Waals surface area contributed by atoms with Crippen LogP contribution < -0.4 is 5.32 Å². The first-order valence-corrected chi connectivity index (χ1v) is 5.37. The van der Waals surface area contributed by atoms with E-state index in [1.807, 2.05) is 6.92 Å². The van der Waals surface area contributed by atoms with E-state index in [0.717, 1.165) is 0 Å². The second kappa shape index (κ2) is 5.98. The maximum Gasteiger partial charge on any atom is 0.217 e. The van der Waals surface area contributed by atoms with Crippen LogP contribution in [0.15, 0.2) is 12.7 Å². The molecule has 0 bridgehead atoms. The zero-order valence-corrected chi connectivity index (χ0v) is 9.68. The summed E-state index contributed by atoms with van der Waals surface area (Å²) in [6.45, 7) is 7.21. The van der Waals surface area contributed by atoms with Crippen molar-refractivity contribution in [2.24, 2.45) is 0 Å². The molecule has 1 aliphatic heterocycles. The molecule has 0 unspecified atom stereocenters. The topological polar surface area (TPSA) is 67.8 Å². The van der Waals surface area contributed by atoms with Crippen molar-refractivity contribution in [3.05, 3.63) is 12.7 Å². The summed E-state index contributed by atoms with van der Waals surface area (Å²) in [6.07, 6.45) is 0.607. The van der Waals surface area contributed by atoms with Gasteiger partial charge in [0.2, 0.25) is 5.91 Å². The minimum absolute atomic E-state index is 0.140. The summed E-state index contributed by atoms with van der Waals surface area (Å²) in [5.74, 6) is -0.140. The minimum Gasteiger partial charge on any atom is -0.369 e. The van der Waals surface area contributed by atoms with Gasteiger partial charge in [-0.15, -0.1) is 6.58 Å². The van der Waals surface area contributed by atoms with Crippen LogP contribution in [-0.2, 0) is 14.3 Å². The summed E-state index contributed by atoms with van der Waals surface area (Å²) in [4.78, 5) is 11.0. The lowest BCUT2D eigenvalue weighted by atomic mass is 9.99. The molecule has 1 aliphatic rings. The highest BCUT2D eigenvalue weighted by atomic mass is 16.6. The molecular weight excluding hydrogens is 210 g/mol. The van der Waals surface area contributed by atoms with E-state index in [9.17, 15) is 9.90 Å². The van der Waals surface area contributed by atoms with Gasteiger partial charge < -0.3 is 19.9 Å². The van der Waals surface area contributed by atoms with E-state index in [1.54, 1.807) is 6.08 Å². The number of ether oxygens (including phenoxy) is 2. The Balaban J connectivity index is 2.63. The fraction of sp³-hybridized carbons (Fsp3) is 0.727. The van der Waals surface area contributed by atoms with Gasteiger partial charge in [-0.25, -0.2) is 0 Å². The standard InChI is InChI=1S/C11H19NO4/c1-4-5-15-11-7(2)16-10(14)6-9(11)12-8(3)13/h4,7,9-11,14H,1,5-6H2,2-3H3,(H,12,13)/t7-,9-,10-,11+/m0/s1. The quantitative estimate of drug-likeness (QED) is 0.675. The number of aliphatic hydroxyl groups excluding tert-OH is 1. The lowest BCUT2D eigenvalue weighted by Gasteiger charge is -2.38. The molecule has 1 amide bonds. The molecular formula is C11H19NO4. The molecule has 5 heteroatoms. The summed E-state index contributed by atoms with van der Waals surface area (Å²) < 4.78 is 10.8. The molecule has 92 valence electrons. The fourth-order valence-electron chi connectivity index (χ4n) is 1.89. The molecule has 4 atom stereocenters. The van der Waals surface area contributed by atoms with Crippen molar-refractivity contribution in [1.82, 2.24) is 5.32 Å². The van der Waals surface area contributed by atoms with Crippen LogP contribution in [0.1, 0.15) is 20.3 Å². The number of hydrogen-bond acceptors (Lipinski definition) is 4. The maximum atomic E-state index is 11.0. The number of hydrogen-bond donors (Lipinski definition) is 2. The Kier molecular flexibility index (Phi) is 4.92. The van der Waals surface area contributed by atoms with Gasteiger partial charge in [-0.05, 0) is 6.92 Å². The van der Waals surface area contributed by atoms with Gasteiger partial charge in [0.15, 0.2) is 6.29 Å². The molecule has 0 spiro atoms. The predicted molar refractivity (Wildman–Crippen MR) is 58.7 cm³/mol. The molecule has 1 fully saturated rings. The fourth-order valence-corrected chi connectivity index (χ4v) is 1.89. The Labute approximate surface area is 95.4 Å². The Morgan fingerprint density at radius 3 is 3.00 bits per heavy atom. The molecule has 0 aromatic carbocycles. The Hall–Kier alpha value is -0.910. The van der Waals surface area contributed by atoms with E-state index in [-0.39, 0.29) is 24.2 Å². The zero-order valence-electron chi connectivity index (χ0n) is 9.68. The highest BCUT2D eigenvalue weighted by Gasteiger charge is 2.36. The molecule has 0 aromatic heterocycles. The Morgan fingerprint density at radius 2 is 2.44 bits per heavy atom. The van der Waals surface area contributed by atoms with Gasteiger partial charge in [0.1, 0.15) is 6.10 Å². The summed E-state index contributed by atoms with van der Waals surface area (Å²) in [6, 6.07) is -0.226. The molecule has 5 nitrogen and oxygen atoms in total. The largest absolute Gasteiger partial charge is 0.369 e. The van der Waals surface area contributed by atoms with E-state index in [4.69, 9.17) is 9.47 Å². The van der Waals surface area contributed by atoms with E-state index >= 15 is 0 Å². The van der Waals surface area contributed by atoms with Crippen LogP contribution in [0.3, 0.4) is 0 Å². The second-order valence-corrected chi connectivity index (χ2v) is 3.93. The molecule has 0 aromatic rings. The second-order valence-electron chi connectivity index (χ2n) is 3.93. The number of nitrogens with one attached hydrogen (secondary N) is 1. The molecule has 0 aliphatic carbocycles. The van der Waals surface area contributed by atoms with Crippen molar-refractivity contribution in [2.45, 2.75) is 44.8 Å². The molecule has 2 N–H and O–H groups in total. The molecule has 16 heavy (non-hydrogen) atoms. The molecule has 1 saturated heterocycles. The van der Waals surface area contributed by atoms with Crippen LogP contribution in [0.2, 0.25) is 0 Å². The van der Waals surface area contributed by atoms with Crippen LogP contribution >= 0.6 is 0 Å². The molecule has 0 saturated carbocycles. The third-order valence-electron chi connectivity index (χ3n) is 2.48. The lowest BCUT2D eigenvalue weighted by Crippen LogP contribution is -2.55. The first kappa shape index (κ1) is 13.2. The summed E-state index contributed by atoms with van der Waals surface area (Å²) in [7, 11) is 0. The monoisotopic (exact) mass is 229 g/mol. The van der Waals surface area contributed by atoms with Crippen LogP contribution in [0.25, 0.3) is 0 Å². The average Bonchev–Trinajstić information content (AvgIpc) is 2.15. The van der Waals surface area contributed by atoms with Crippen LogP contribution in [-0.4, -0.2) is 42.2 Å². The van der Waals surface area contributed by atoms with Gasteiger partial charge >= 0.3 is 0 Å². The Morgan fingerprint density at radius 1 is 1.75 bits per heavy atom. The number of amides is 1. The SMILES string of the molecule is C=CCO[C@H]1[C@@H](NC(C)=O)C[C@@H](O)O[C@H]1C. The van der Waals surface area contributed by atoms with E-state index in [2.05, 4.69) is 11.9 Å². The summed E-state index contributed by atoms with van der Waals surface area (Å²) >= 11 is 0. The van der Waals surface area contributed by atoms with Crippen molar-refractivity contribution in [2.75, 3.05) is 6.61 Å². The molecule has 0 radical (unpaired) electrons. The number of carbonyl (C=O) groups excluding carboxylic acids is 1. The van der Waals surface area contributed by atoms with E-state index in [1.165, 1.54) is 6.92 Å². The van der Waals surface area contributed by atoms with Crippen LogP contribution in [0.5, 0.6) is 0 Å². The van der Waals surface area contributed by atoms with Crippen molar-refractivity contribution >= 4 is 5.91 Å². The normalized spacial score (nSPS) is 34.4. The first-order valence-electron chi connectivity index (χ1n) is 5.37. The van der Waals surface area contributed by atoms with E-state index in [0.29, 0.717) is 13.0 Å². The summed E-state index contributed by atoms with van der Waals surface area (Å²) in [5, 5.41) is 12.2. The third kappa shape index (κ3) is 3.59. The Bertz CT molecular complexity index is 256. The van der Waals surface area contributed by atoms with Crippen LogP contribution in [0.4, 0.5) is 0 Å².